The molecule has 118 valence electrons. The average molecular weight is 304 g/mol. The molecule has 0 aromatic rings. The number of rotatable bonds is 6. The van der Waals surface area contributed by atoms with Crippen LogP contribution in [0, 0.1) is 0 Å². The number of hydrogen-bond donors (Lipinski definition) is 1. The van der Waals surface area contributed by atoms with E-state index < -0.39 is 15.4 Å². The molecule has 2 N–H and O–H groups in total. The molecular formula is C14H28N2O3S. The molecule has 20 heavy (non-hydrogen) atoms. The second-order valence-corrected chi connectivity index (χ2v) is 8.42. The van der Waals surface area contributed by atoms with Gasteiger partial charge in [0.2, 0.25) is 0 Å². The van der Waals surface area contributed by atoms with Crippen molar-refractivity contribution in [3.8, 4) is 0 Å². The van der Waals surface area contributed by atoms with Gasteiger partial charge in [-0.15, -0.1) is 0 Å². The van der Waals surface area contributed by atoms with Crippen molar-refractivity contribution in [3.63, 3.8) is 0 Å². The molecule has 1 heterocycles. The average Bonchev–Trinajstić information content (AvgIpc) is 3.04. The molecule has 2 aliphatic rings. The van der Waals surface area contributed by atoms with Crippen LogP contribution in [0.1, 0.15) is 39.0 Å². The van der Waals surface area contributed by atoms with Crippen molar-refractivity contribution in [2.75, 3.05) is 32.5 Å². The number of nitrogens with zero attached hydrogens (tertiary/aromatic N) is 1. The third kappa shape index (κ3) is 3.03. The van der Waals surface area contributed by atoms with Crippen molar-refractivity contribution in [2.24, 2.45) is 5.73 Å². The van der Waals surface area contributed by atoms with Crippen LogP contribution < -0.4 is 5.73 Å². The first-order valence-corrected chi connectivity index (χ1v) is 9.65. The Balaban J connectivity index is 2.22. The van der Waals surface area contributed by atoms with E-state index >= 15 is 0 Å². The fraction of sp³-hybridized carbons (Fsp3) is 1.00. The summed E-state index contributed by atoms with van der Waals surface area (Å²) in [7, 11) is -3.07. The van der Waals surface area contributed by atoms with Gasteiger partial charge in [0.1, 0.15) is 0 Å². The van der Waals surface area contributed by atoms with Gasteiger partial charge in [-0.2, -0.15) is 0 Å². The Bertz CT molecular complexity index is 420. The third-order valence-electron chi connectivity index (χ3n) is 5.01. The molecule has 1 aliphatic heterocycles. The Morgan fingerprint density at radius 3 is 2.60 bits per heavy atom. The van der Waals surface area contributed by atoms with E-state index in [4.69, 9.17) is 10.5 Å². The SMILES string of the molecule is CCN(CC1CCCO1)C1(CN)CCCC1S(C)(=O)=O. The number of likely N-dealkylation sites (N-methyl/N-ethyl adjacent to an activating group) is 1. The summed E-state index contributed by atoms with van der Waals surface area (Å²) in [4.78, 5) is 2.28. The van der Waals surface area contributed by atoms with Crippen LogP contribution in [0.3, 0.4) is 0 Å². The van der Waals surface area contributed by atoms with E-state index in [0.717, 1.165) is 51.8 Å². The maximum absolute atomic E-state index is 12.2. The highest BCUT2D eigenvalue weighted by Crippen LogP contribution is 2.39. The predicted octanol–water partition coefficient (Wildman–Crippen LogP) is 0.782. The molecule has 5 nitrogen and oxygen atoms in total. The number of nitrogens with two attached hydrogens (primary N) is 1. The maximum atomic E-state index is 12.2. The van der Waals surface area contributed by atoms with Crippen LogP contribution in [0.5, 0.6) is 0 Å². The highest BCUT2D eigenvalue weighted by atomic mass is 32.2. The van der Waals surface area contributed by atoms with Crippen molar-refractivity contribution < 1.29 is 13.2 Å². The van der Waals surface area contributed by atoms with E-state index in [1.807, 2.05) is 0 Å². The van der Waals surface area contributed by atoms with Gasteiger partial charge in [0.05, 0.1) is 11.4 Å². The van der Waals surface area contributed by atoms with E-state index in [2.05, 4.69) is 11.8 Å². The molecule has 3 atom stereocenters. The summed E-state index contributed by atoms with van der Waals surface area (Å²) in [5.74, 6) is 0. The second kappa shape index (κ2) is 6.30. The van der Waals surface area contributed by atoms with Crippen LogP contribution in [-0.4, -0.2) is 62.7 Å². The topological polar surface area (TPSA) is 72.6 Å². The smallest absolute Gasteiger partial charge is 0.152 e. The Labute approximate surface area is 122 Å². The van der Waals surface area contributed by atoms with E-state index in [-0.39, 0.29) is 11.4 Å². The van der Waals surface area contributed by atoms with Gasteiger partial charge in [-0.05, 0) is 32.2 Å². The Morgan fingerprint density at radius 2 is 2.10 bits per heavy atom. The maximum Gasteiger partial charge on any atom is 0.152 e. The molecule has 0 aromatic heterocycles. The van der Waals surface area contributed by atoms with Crippen LogP contribution in [0.2, 0.25) is 0 Å². The lowest BCUT2D eigenvalue weighted by molar-refractivity contribution is 0.0275. The zero-order valence-corrected chi connectivity index (χ0v) is 13.5. The Hall–Kier alpha value is -0.170. The molecule has 2 rings (SSSR count). The van der Waals surface area contributed by atoms with Crippen molar-refractivity contribution in [3.05, 3.63) is 0 Å². The van der Waals surface area contributed by atoms with E-state index in [0.29, 0.717) is 6.54 Å². The molecule has 6 heteroatoms. The minimum atomic E-state index is -3.07. The normalized spacial score (nSPS) is 35.0. The summed E-state index contributed by atoms with van der Waals surface area (Å²) < 4.78 is 30.0. The largest absolute Gasteiger partial charge is 0.377 e. The molecule has 0 bridgehead atoms. The van der Waals surface area contributed by atoms with Crippen LogP contribution in [0.25, 0.3) is 0 Å². The van der Waals surface area contributed by atoms with Gasteiger partial charge >= 0.3 is 0 Å². The van der Waals surface area contributed by atoms with Crippen molar-refractivity contribution in [1.82, 2.24) is 4.90 Å². The molecule has 0 amide bonds. The zero-order valence-electron chi connectivity index (χ0n) is 12.7. The summed E-state index contributed by atoms with van der Waals surface area (Å²) in [5.41, 5.74) is 5.67. The lowest BCUT2D eigenvalue weighted by atomic mass is 9.93. The summed E-state index contributed by atoms with van der Waals surface area (Å²) in [6, 6.07) is 0. The molecule has 0 aromatic carbocycles. The summed E-state index contributed by atoms with van der Waals surface area (Å²) in [6.45, 7) is 4.95. The Kier molecular flexibility index (Phi) is 5.10. The van der Waals surface area contributed by atoms with Crippen molar-refractivity contribution >= 4 is 9.84 Å². The first-order valence-electron chi connectivity index (χ1n) is 7.69. The molecule has 0 spiro atoms. The van der Waals surface area contributed by atoms with Gasteiger partial charge in [-0.25, -0.2) is 8.42 Å². The summed E-state index contributed by atoms with van der Waals surface area (Å²) >= 11 is 0. The molecule has 1 aliphatic carbocycles. The standard InChI is InChI=1S/C14H28N2O3S/c1-3-16(10-12-6-5-9-19-12)14(11-15)8-4-7-13(14)20(2,17)18/h12-13H,3-11,15H2,1-2H3. The van der Waals surface area contributed by atoms with Crippen LogP contribution in [0.4, 0.5) is 0 Å². The minimum absolute atomic E-state index is 0.235. The molecule has 2 fully saturated rings. The van der Waals surface area contributed by atoms with Crippen LogP contribution in [0.15, 0.2) is 0 Å². The van der Waals surface area contributed by atoms with Gasteiger partial charge < -0.3 is 10.5 Å². The monoisotopic (exact) mass is 304 g/mol. The molecular weight excluding hydrogens is 276 g/mol. The molecule has 0 radical (unpaired) electrons. The molecule has 1 saturated heterocycles. The third-order valence-corrected chi connectivity index (χ3v) is 6.71. The van der Waals surface area contributed by atoms with Crippen molar-refractivity contribution in [1.29, 1.82) is 0 Å². The number of sulfone groups is 1. The second-order valence-electron chi connectivity index (χ2n) is 6.19. The fourth-order valence-corrected chi connectivity index (χ4v) is 5.78. The highest BCUT2D eigenvalue weighted by molar-refractivity contribution is 7.91. The van der Waals surface area contributed by atoms with E-state index in [9.17, 15) is 8.42 Å². The number of hydrogen-bond acceptors (Lipinski definition) is 5. The number of ether oxygens (including phenoxy) is 1. The lowest BCUT2D eigenvalue weighted by Crippen LogP contribution is -2.61. The predicted molar refractivity (Wildman–Crippen MR) is 80.5 cm³/mol. The zero-order chi connectivity index (χ0) is 14.8. The lowest BCUT2D eigenvalue weighted by Gasteiger charge is -2.44. The minimum Gasteiger partial charge on any atom is -0.377 e. The van der Waals surface area contributed by atoms with E-state index in [1.54, 1.807) is 0 Å². The quantitative estimate of drug-likeness (QED) is 0.785. The van der Waals surface area contributed by atoms with Crippen LogP contribution >= 0.6 is 0 Å². The molecule has 1 saturated carbocycles. The van der Waals surface area contributed by atoms with Gasteiger partial charge in [0.15, 0.2) is 9.84 Å². The highest BCUT2D eigenvalue weighted by Gasteiger charge is 2.50. The van der Waals surface area contributed by atoms with Gasteiger partial charge in [-0.1, -0.05) is 13.3 Å². The van der Waals surface area contributed by atoms with Gasteiger partial charge in [-0.3, -0.25) is 4.90 Å². The van der Waals surface area contributed by atoms with Crippen LogP contribution in [-0.2, 0) is 14.6 Å². The Morgan fingerprint density at radius 1 is 1.35 bits per heavy atom. The summed E-state index contributed by atoms with van der Waals surface area (Å²) in [5, 5.41) is -0.332. The molecule has 3 unspecified atom stereocenters. The fourth-order valence-electron chi connectivity index (χ4n) is 4.02. The first-order chi connectivity index (χ1) is 9.44. The van der Waals surface area contributed by atoms with Gasteiger partial charge in [0, 0.05) is 31.5 Å². The van der Waals surface area contributed by atoms with Gasteiger partial charge in [0.25, 0.3) is 0 Å². The first kappa shape index (κ1) is 16.2. The summed E-state index contributed by atoms with van der Waals surface area (Å²) in [6.07, 6.45) is 6.32. The van der Waals surface area contributed by atoms with Crippen molar-refractivity contribution in [2.45, 2.75) is 55.9 Å². The van der Waals surface area contributed by atoms with E-state index in [1.165, 1.54) is 6.26 Å².